The van der Waals surface area contributed by atoms with E-state index in [2.05, 4.69) is 15.2 Å². The summed E-state index contributed by atoms with van der Waals surface area (Å²) in [5, 5.41) is 28.1. The van der Waals surface area contributed by atoms with Crippen LogP contribution in [0.1, 0.15) is 45.2 Å². The van der Waals surface area contributed by atoms with Crippen molar-refractivity contribution in [1.29, 1.82) is 0 Å². The number of carboxylic acid groups (broad SMARTS) is 1. The number of amides is 1. The fourth-order valence-corrected chi connectivity index (χ4v) is 4.87. The molecule has 0 bridgehead atoms. The van der Waals surface area contributed by atoms with Gasteiger partial charge < -0.3 is 29.7 Å². The second-order valence-corrected chi connectivity index (χ2v) is 11.4. The molecular weight excluding hydrogens is 559 g/mol. The van der Waals surface area contributed by atoms with Crippen molar-refractivity contribution < 1.29 is 32.9 Å². The molecule has 3 aromatic rings. The zero-order chi connectivity index (χ0) is 31.0. The number of ether oxygens (including phenoxy) is 1. The average molecular weight is 592 g/mol. The topological polar surface area (TPSA) is 139 Å². The Morgan fingerprint density at radius 3 is 2.29 bits per heavy atom. The number of halogens is 3. The predicted octanol–water partition coefficient (Wildman–Crippen LogP) is 4.05. The average Bonchev–Trinajstić information content (AvgIpc) is 3.36. The summed E-state index contributed by atoms with van der Waals surface area (Å²) in [4.78, 5) is 39.5. The van der Waals surface area contributed by atoms with E-state index >= 15 is 0 Å². The van der Waals surface area contributed by atoms with E-state index in [0.29, 0.717) is 30.4 Å². The summed E-state index contributed by atoms with van der Waals surface area (Å²) in [6, 6.07) is 7.78. The molecule has 1 atom stereocenters. The zero-order valence-corrected chi connectivity index (χ0v) is 23.5. The van der Waals surface area contributed by atoms with Crippen LogP contribution in [-0.2, 0) is 19.4 Å². The number of aromatic nitrogens is 3. The van der Waals surface area contributed by atoms with Gasteiger partial charge in [-0.05, 0) is 83.4 Å². The third-order valence-electron chi connectivity index (χ3n) is 6.79. The van der Waals surface area contributed by atoms with Gasteiger partial charge in [0.25, 0.3) is 11.1 Å². The predicted molar refractivity (Wildman–Crippen MR) is 148 cm³/mol. The van der Waals surface area contributed by atoms with Gasteiger partial charge in [-0.25, -0.2) is 4.79 Å². The second kappa shape index (κ2) is 11.2. The summed E-state index contributed by atoms with van der Waals surface area (Å²) in [5.74, 6) is -0.211. The van der Waals surface area contributed by atoms with Crippen molar-refractivity contribution in [2.75, 3.05) is 11.9 Å². The number of hydrogen-bond donors (Lipinski definition) is 3. The van der Waals surface area contributed by atoms with Crippen LogP contribution in [0.5, 0.6) is 5.75 Å². The van der Waals surface area contributed by atoms with E-state index < -0.39 is 40.5 Å². The zero-order valence-electron chi connectivity index (χ0n) is 23.5. The van der Waals surface area contributed by atoms with Crippen LogP contribution in [0.15, 0.2) is 52.2 Å². The highest BCUT2D eigenvalue weighted by Gasteiger charge is 2.34. The van der Waals surface area contributed by atoms with Crippen molar-refractivity contribution in [3.05, 3.63) is 74.4 Å². The van der Waals surface area contributed by atoms with Gasteiger partial charge in [0.05, 0.1) is 24.4 Å². The minimum atomic E-state index is -4.86. The first-order valence-electron chi connectivity index (χ1n) is 13.2. The van der Waals surface area contributed by atoms with Gasteiger partial charge in [-0.2, -0.15) is 4.68 Å². The molecule has 226 valence electrons. The van der Waals surface area contributed by atoms with E-state index in [-0.39, 0.29) is 30.3 Å². The van der Waals surface area contributed by atoms with Crippen molar-refractivity contribution in [3.63, 3.8) is 0 Å². The maximum atomic E-state index is 13.4. The molecule has 1 aliphatic carbocycles. The quantitative estimate of drug-likeness (QED) is 0.357. The van der Waals surface area contributed by atoms with Crippen LogP contribution in [0.3, 0.4) is 0 Å². The monoisotopic (exact) mass is 591 g/mol. The fraction of sp³-hybridized carbons (Fsp3) is 0.429. The van der Waals surface area contributed by atoms with Crippen LogP contribution in [0.25, 0.3) is 5.69 Å². The van der Waals surface area contributed by atoms with E-state index in [1.54, 1.807) is 26.8 Å². The SMILES string of the molecule is CC(O)(CN(C(=O)O)C(C)(C)C)Cn1cccc(Nc2nn(-c3ccc(OC(F)(F)F)cc3)c(=O)c3c2CCC3)c1=O. The summed E-state index contributed by atoms with van der Waals surface area (Å²) >= 11 is 0. The molecule has 0 aliphatic heterocycles. The fourth-order valence-electron chi connectivity index (χ4n) is 4.87. The first-order chi connectivity index (χ1) is 19.4. The number of pyridine rings is 1. The normalized spacial score (nSPS) is 14.7. The van der Waals surface area contributed by atoms with Crippen LogP contribution >= 0.6 is 0 Å². The van der Waals surface area contributed by atoms with E-state index in [1.807, 2.05) is 0 Å². The second-order valence-electron chi connectivity index (χ2n) is 11.4. The van der Waals surface area contributed by atoms with Gasteiger partial charge in [0.15, 0.2) is 5.82 Å². The van der Waals surface area contributed by atoms with E-state index in [0.717, 1.165) is 21.7 Å². The molecule has 1 amide bonds. The lowest BCUT2D eigenvalue weighted by molar-refractivity contribution is -0.274. The number of nitrogens with one attached hydrogen (secondary N) is 1. The Balaban J connectivity index is 1.65. The van der Waals surface area contributed by atoms with Gasteiger partial charge in [-0.15, -0.1) is 18.3 Å². The molecule has 4 rings (SSSR count). The van der Waals surface area contributed by atoms with Gasteiger partial charge >= 0.3 is 12.5 Å². The Kier molecular flexibility index (Phi) is 8.13. The number of hydrogen-bond acceptors (Lipinski definition) is 7. The van der Waals surface area contributed by atoms with Crippen LogP contribution in [-0.4, -0.2) is 59.6 Å². The van der Waals surface area contributed by atoms with Crippen molar-refractivity contribution in [2.45, 2.75) is 71.0 Å². The summed E-state index contributed by atoms with van der Waals surface area (Å²) < 4.78 is 43.9. The molecule has 0 radical (unpaired) electrons. The molecule has 0 spiro atoms. The van der Waals surface area contributed by atoms with E-state index in [1.165, 1.54) is 35.9 Å². The Hall–Kier alpha value is -4.33. The molecule has 1 unspecified atom stereocenters. The Bertz CT molecular complexity index is 1590. The number of β-amino-alcohol motifs (C(OH)–C–C–N with tert-alkyl or cyclic N) is 1. The lowest BCUT2D eigenvalue weighted by atomic mass is 10.0. The van der Waals surface area contributed by atoms with Gasteiger partial charge in [0.1, 0.15) is 11.4 Å². The van der Waals surface area contributed by atoms with Gasteiger partial charge in [0.2, 0.25) is 0 Å². The summed E-state index contributed by atoms with van der Waals surface area (Å²) in [6.45, 7) is 6.08. The Morgan fingerprint density at radius 1 is 1.05 bits per heavy atom. The standard InChI is InChI=1S/C28H32F3N5O6/c1-26(2,3)35(25(39)40)16-27(4,41)15-34-14-6-9-21(24(34)38)32-22-19-7-5-8-20(19)23(37)36(33-22)17-10-12-18(13-11-17)42-28(29,30)31/h6,9-14,41H,5,7-8,15-16H2,1-4H3,(H,32,33)(H,39,40). The molecule has 0 saturated carbocycles. The number of alkyl halides is 3. The first kappa shape index (κ1) is 30.6. The van der Waals surface area contributed by atoms with Crippen LogP contribution in [0, 0.1) is 0 Å². The molecule has 1 aliphatic rings. The lowest BCUT2D eigenvalue weighted by Gasteiger charge is -2.38. The van der Waals surface area contributed by atoms with Gasteiger partial charge in [0, 0.05) is 22.9 Å². The summed E-state index contributed by atoms with van der Waals surface area (Å²) in [5.41, 5.74) is -1.89. The molecule has 11 nitrogen and oxygen atoms in total. The minimum Gasteiger partial charge on any atom is -0.465 e. The molecule has 14 heteroatoms. The van der Waals surface area contributed by atoms with Gasteiger partial charge in [-0.3, -0.25) is 9.59 Å². The van der Waals surface area contributed by atoms with Crippen molar-refractivity contribution in [1.82, 2.24) is 19.2 Å². The highest BCUT2D eigenvalue weighted by Crippen LogP contribution is 2.28. The summed E-state index contributed by atoms with van der Waals surface area (Å²) in [6.07, 6.45) is -2.92. The van der Waals surface area contributed by atoms with E-state index in [9.17, 15) is 37.8 Å². The summed E-state index contributed by atoms with van der Waals surface area (Å²) in [7, 11) is 0. The van der Waals surface area contributed by atoms with Crippen molar-refractivity contribution in [3.8, 4) is 11.4 Å². The largest absolute Gasteiger partial charge is 0.573 e. The molecule has 2 aromatic heterocycles. The number of rotatable bonds is 8. The highest BCUT2D eigenvalue weighted by molar-refractivity contribution is 5.66. The van der Waals surface area contributed by atoms with Crippen molar-refractivity contribution in [2.24, 2.45) is 0 Å². The molecule has 0 saturated heterocycles. The molecule has 3 N–H and O–H groups in total. The number of anilines is 2. The number of carbonyl (C=O) groups is 1. The number of aliphatic hydroxyl groups is 1. The first-order valence-corrected chi connectivity index (χ1v) is 13.2. The molecule has 2 heterocycles. The van der Waals surface area contributed by atoms with Crippen LogP contribution < -0.4 is 21.2 Å². The van der Waals surface area contributed by atoms with E-state index in [4.69, 9.17) is 0 Å². The Labute approximate surface area is 238 Å². The number of benzene rings is 1. The highest BCUT2D eigenvalue weighted by atomic mass is 19.4. The number of nitrogens with zero attached hydrogens (tertiary/aromatic N) is 4. The maximum absolute atomic E-state index is 13.4. The number of fused-ring (bicyclic) bond motifs is 1. The minimum absolute atomic E-state index is 0.0972. The third kappa shape index (κ3) is 6.93. The Morgan fingerprint density at radius 2 is 1.69 bits per heavy atom. The van der Waals surface area contributed by atoms with Crippen LogP contribution in [0.2, 0.25) is 0 Å². The lowest BCUT2D eigenvalue weighted by Crippen LogP contribution is -2.53. The molecule has 0 fully saturated rings. The molecule has 1 aromatic carbocycles. The maximum Gasteiger partial charge on any atom is 0.573 e. The third-order valence-corrected chi connectivity index (χ3v) is 6.79. The molecule has 42 heavy (non-hydrogen) atoms. The van der Waals surface area contributed by atoms with Gasteiger partial charge in [-0.1, -0.05) is 0 Å². The molecular formula is C28H32F3N5O6. The van der Waals surface area contributed by atoms with Crippen molar-refractivity contribution >= 4 is 17.6 Å². The van der Waals surface area contributed by atoms with Crippen LogP contribution in [0.4, 0.5) is 29.5 Å². The smallest absolute Gasteiger partial charge is 0.465 e.